The molecule has 2 heterocycles. The summed E-state index contributed by atoms with van der Waals surface area (Å²) < 4.78 is 3.80. The lowest BCUT2D eigenvalue weighted by atomic mass is 10.1. The highest BCUT2D eigenvalue weighted by atomic mass is 16.1. The van der Waals surface area contributed by atoms with Gasteiger partial charge in [0.25, 0.3) is 5.56 Å². The number of hydrogen-bond acceptors (Lipinski definition) is 2. The van der Waals surface area contributed by atoms with E-state index >= 15 is 0 Å². The Morgan fingerprint density at radius 3 is 2.43 bits per heavy atom. The number of unbranched alkanes of at least 4 members (excludes halogenated alkanes) is 1. The monoisotopic (exact) mass is 371 g/mol. The van der Waals surface area contributed by atoms with Crippen molar-refractivity contribution in [1.82, 2.24) is 14.1 Å². The molecule has 2 aromatic carbocycles. The number of aryl methyl sites for hydroxylation is 2. The fourth-order valence-electron chi connectivity index (χ4n) is 3.55. The van der Waals surface area contributed by atoms with Gasteiger partial charge < -0.3 is 4.57 Å². The van der Waals surface area contributed by atoms with Gasteiger partial charge in [0.1, 0.15) is 11.0 Å². The van der Waals surface area contributed by atoms with Gasteiger partial charge in [0.2, 0.25) is 0 Å². The molecule has 0 fully saturated rings. The third-order valence-corrected chi connectivity index (χ3v) is 5.15. The molecular weight excluding hydrogens is 346 g/mol. The second kappa shape index (κ2) is 7.85. The van der Waals surface area contributed by atoms with Crippen LogP contribution in [0.1, 0.15) is 30.9 Å². The summed E-state index contributed by atoms with van der Waals surface area (Å²) in [6.07, 6.45) is 5.78. The number of hydrogen-bond donors (Lipinski definition) is 0. The number of nitrogens with zero attached hydrogens (tertiary/aromatic N) is 3. The molecule has 4 rings (SSSR count). The van der Waals surface area contributed by atoms with Gasteiger partial charge in [-0.3, -0.25) is 9.36 Å². The van der Waals surface area contributed by atoms with Crippen LogP contribution >= 0.6 is 0 Å². The summed E-state index contributed by atoms with van der Waals surface area (Å²) in [5.41, 5.74) is 5.97. The first-order chi connectivity index (χ1) is 13.7. The molecule has 28 heavy (non-hydrogen) atoms. The molecule has 0 atom stereocenters. The first-order valence-corrected chi connectivity index (χ1v) is 9.86. The second-order valence-electron chi connectivity index (χ2n) is 7.32. The van der Waals surface area contributed by atoms with E-state index in [-0.39, 0.29) is 5.56 Å². The van der Waals surface area contributed by atoms with Gasteiger partial charge in [0, 0.05) is 24.8 Å². The summed E-state index contributed by atoms with van der Waals surface area (Å²) in [4.78, 5) is 17.9. The summed E-state index contributed by atoms with van der Waals surface area (Å²) in [7, 11) is 0. The molecule has 0 aliphatic heterocycles. The Labute approximate surface area is 165 Å². The third kappa shape index (κ3) is 3.50. The molecule has 4 nitrogen and oxygen atoms in total. The average Bonchev–Trinajstić information content (AvgIpc) is 3.09. The molecule has 0 amide bonds. The van der Waals surface area contributed by atoms with Gasteiger partial charge in [-0.2, -0.15) is 0 Å². The minimum atomic E-state index is 0.0349. The lowest BCUT2D eigenvalue weighted by molar-refractivity contribution is 0.606. The van der Waals surface area contributed by atoms with Gasteiger partial charge in [0.15, 0.2) is 0 Å². The topological polar surface area (TPSA) is 39.8 Å². The summed E-state index contributed by atoms with van der Waals surface area (Å²) in [5.74, 6) is 0. The molecule has 142 valence electrons. The van der Waals surface area contributed by atoms with Crippen LogP contribution < -0.4 is 5.56 Å². The maximum absolute atomic E-state index is 13.2. The number of benzene rings is 2. The smallest absolute Gasteiger partial charge is 0.277 e. The van der Waals surface area contributed by atoms with Crippen LogP contribution in [0.15, 0.2) is 71.9 Å². The van der Waals surface area contributed by atoms with E-state index in [4.69, 9.17) is 0 Å². The number of aromatic nitrogens is 3. The molecule has 0 unspecified atom stereocenters. The first kappa shape index (κ1) is 18.2. The van der Waals surface area contributed by atoms with E-state index in [1.54, 1.807) is 10.9 Å². The van der Waals surface area contributed by atoms with Gasteiger partial charge >= 0.3 is 0 Å². The summed E-state index contributed by atoms with van der Waals surface area (Å²) >= 11 is 0. The Morgan fingerprint density at radius 1 is 0.964 bits per heavy atom. The van der Waals surface area contributed by atoms with Crippen molar-refractivity contribution in [1.29, 1.82) is 0 Å². The summed E-state index contributed by atoms with van der Waals surface area (Å²) in [5, 5.41) is 0. The Bertz CT molecular complexity index is 1140. The van der Waals surface area contributed by atoms with Gasteiger partial charge in [-0.1, -0.05) is 73.5 Å². The van der Waals surface area contributed by atoms with Crippen molar-refractivity contribution in [3.63, 3.8) is 0 Å². The zero-order valence-corrected chi connectivity index (χ0v) is 16.4. The zero-order chi connectivity index (χ0) is 19.5. The Kier molecular flexibility index (Phi) is 5.11. The molecule has 2 aromatic heterocycles. The number of fused-ring (bicyclic) bond motifs is 1. The van der Waals surface area contributed by atoms with Crippen molar-refractivity contribution in [2.75, 3.05) is 0 Å². The van der Waals surface area contributed by atoms with Crippen molar-refractivity contribution in [2.24, 2.45) is 0 Å². The van der Waals surface area contributed by atoms with Crippen LogP contribution in [0.3, 0.4) is 0 Å². The molecule has 0 saturated carbocycles. The minimum Gasteiger partial charge on any atom is -0.337 e. The fourth-order valence-corrected chi connectivity index (χ4v) is 3.55. The molecule has 0 aliphatic carbocycles. The van der Waals surface area contributed by atoms with Crippen LogP contribution in [0.2, 0.25) is 0 Å². The quantitative estimate of drug-likeness (QED) is 0.477. The van der Waals surface area contributed by atoms with Crippen LogP contribution in [-0.4, -0.2) is 14.1 Å². The molecule has 0 spiro atoms. The Balaban J connectivity index is 1.88. The van der Waals surface area contributed by atoms with Crippen molar-refractivity contribution < 1.29 is 0 Å². The largest absolute Gasteiger partial charge is 0.337 e. The second-order valence-corrected chi connectivity index (χ2v) is 7.32. The van der Waals surface area contributed by atoms with Gasteiger partial charge in [-0.05, 0) is 24.5 Å². The van der Waals surface area contributed by atoms with Crippen molar-refractivity contribution >= 4 is 11.0 Å². The van der Waals surface area contributed by atoms with E-state index in [0.29, 0.717) is 18.6 Å². The van der Waals surface area contributed by atoms with E-state index in [2.05, 4.69) is 66.0 Å². The number of rotatable bonds is 6. The predicted molar refractivity (Wildman–Crippen MR) is 115 cm³/mol. The molecule has 4 heteroatoms. The Morgan fingerprint density at radius 2 is 1.71 bits per heavy atom. The van der Waals surface area contributed by atoms with E-state index in [9.17, 15) is 4.79 Å². The van der Waals surface area contributed by atoms with Crippen LogP contribution in [-0.2, 0) is 13.1 Å². The molecule has 0 saturated heterocycles. The molecule has 0 N–H and O–H groups in total. The van der Waals surface area contributed by atoms with Crippen LogP contribution in [0.4, 0.5) is 0 Å². The highest BCUT2D eigenvalue weighted by Crippen LogP contribution is 2.28. The molecule has 0 bridgehead atoms. The average molecular weight is 371 g/mol. The van der Waals surface area contributed by atoms with Crippen molar-refractivity contribution in [3.8, 4) is 11.1 Å². The van der Waals surface area contributed by atoms with Gasteiger partial charge in [-0.15, -0.1) is 0 Å². The maximum atomic E-state index is 13.2. The maximum Gasteiger partial charge on any atom is 0.277 e. The molecule has 4 aromatic rings. The standard InChI is InChI=1S/C24H25N3O/c1-3-4-14-26-17-25-22-21(20-8-6-5-7-9-20)16-27(23(22)24(26)28)15-19-12-10-18(2)11-13-19/h5-13,16-17H,3-4,14-15H2,1-2H3. The molecule has 0 radical (unpaired) electrons. The van der Waals surface area contributed by atoms with E-state index in [1.165, 1.54) is 11.1 Å². The predicted octanol–water partition coefficient (Wildman–Crippen LogP) is 5.02. The van der Waals surface area contributed by atoms with Crippen molar-refractivity contribution in [2.45, 2.75) is 39.8 Å². The summed E-state index contributed by atoms with van der Waals surface area (Å²) in [6, 6.07) is 18.6. The lowest BCUT2D eigenvalue weighted by Crippen LogP contribution is -2.22. The highest BCUT2D eigenvalue weighted by Gasteiger charge is 2.16. The van der Waals surface area contributed by atoms with Crippen LogP contribution in [0.25, 0.3) is 22.2 Å². The normalized spacial score (nSPS) is 11.2. The molecular formula is C24H25N3O. The van der Waals surface area contributed by atoms with E-state index in [0.717, 1.165) is 29.5 Å². The third-order valence-electron chi connectivity index (χ3n) is 5.15. The van der Waals surface area contributed by atoms with Gasteiger partial charge in [-0.25, -0.2) is 4.98 Å². The van der Waals surface area contributed by atoms with Gasteiger partial charge in [0.05, 0.1) is 6.33 Å². The Hall–Kier alpha value is -3.14. The first-order valence-electron chi connectivity index (χ1n) is 9.86. The van der Waals surface area contributed by atoms with Crippen molar-refractivity contribution in [3.05, 3.63) is 88.6 Å². The lowest BCUT2D eigenvalue weighted by Gasteiger charge is -2.08. The summed E-state index contributed by atoms with van der Waals surface area (Å²) in [6.45, 7) is 5.57. The SMILES string of the molecule is CCCCn1cnc2c(-c3ccccc3)cn(Cc3ccc(C)cc3)c2c1=O. The van der Waals surface area contributed by atoms with Crippen LogP contribution in [0.5, 0.6) is 0 Å². The minimum absolute atomic E-state index is 0.0349. The van der Waals surface area contributed by atoms with Crippen LogP contribution in [0, 0.1) is 6.92 Å². The van der Waals surface area contributed by atoms with E-state index in [1.807, 2.05) is 18.2 Å². The highest BCUT2D eigenvalue weighted by molar-refractivity contribution is 5.92. The fraction of sp³-hybridized carbons (Fsp3) is 0.250. The molecule has 0 aliphatic rings. The zero-order valence-electron chi connectivity index (χ0n) is 16.4. The van der Waals surface area contributed by atoms with E-state index < -0.39 is 0 Å².